The van der Waals surface area contributed by atoms with E-state index >= 15 is 0 Å². The molecular weight excluding hydrogens is 432 g/mol. The van der Waals surface area contributed by atoms with Crippen molar-refractivity contribution in [3.8, 4) is 11.5 Å². The third-order valence-electron chi connectivity index (χ3n) is 5.76. The van der Waals surface area contributed by atoms with Crippen LogP contribution in [0.2, 0.25) is 0 Å². The molecule has 0 saturated heterocycles. The first kappa shape index (κ1) is 27.5. The van der Waals surface area contributed by atoms with Crippen LogP contribution in [-0.2, 0) is 9.53 Å². The van der Waals surface area contributed by atoms with Crippen LogP contribution in [-0.4, -0.2) is 31.8 Å². The molecule has 1 unspecified atom stereocenters. The topological polar surface area (TPSA) is 85.9 Å². The van der Waals surface area contributed by atoms with Gasteiger partial charge in [-0.3, -0.25) is 0 Å². The number of ether oxygens (including phenoxy) is 3. The number of esters is 1. The molecule has 7 heteroatoms. The van der Waals surface area contributed by atoms with Crippen LogP contribution in [0.4, 0.5) is 4.79 Å². The van der Waals surface area contributed by atoms with Crippen LogP contribution in [0.25, 0.3) is 0 Å². The Bertz CT molecular complexity index is 821. The Hall–Kier alpha value is -2.70. The molecular formula is C27H42N2O5. The predicted octanol–water partition coefficient (Wildman–Crippen LogP) is 6.19. The molecule has 7 nitrogen and oxygen atoms in total. The molecule has 190 valence electrons. The highest BCUT2D eigenvalue weighted by Gasteiger charge is 2.33. The quantitative estimate of drug-likeness (QED) is 0.220. The van der Waals surface area contributed by atoms with Crippen molar-refractivity contribution in [1.82, 2.24) is 10.6 Å². The molecule has 2 amide bonds. The van der Waals surface area contributed by atoms with Crippen LogP contribution in [0.3, 0.4) is 0 Å². The summed E-state index contributed by atoms with van der Waals surface area (Å²) in [5, 5.41) is 5.66. The van der Waals surface area contributed by atoms with E-state index in [1.165, 1.54) is 32.1 Å². The zero-order valence-corrected chi connectivity index (χ0v) is 21.3. The summed E-state index contributed by atoms with van der Waals surface area (Å²) in [6.07, 6.45) is 9.92. The number of nitrogens with one attached hydrogen (secondary N) is 2. The van der Waals surface area contributed by atoms with Gasteiger partial charge in [-0.15, -0.1) is 0 Å². The Balaban J connectivity index is 2.17. The van der Waals surface area contributed by atoms with Crippen LogP contribution in [0, 0.1) is 0 Å². The molecule has 1 aromatic rings. The Morgan fingerprint density at radius 2 is 1.62 bits per heavy atom. The molecule has 34 heavy (non-hydrogen) atoms. The lowest BCUT2D eigenvalue weighted by Crippen LogP contribution is -2.46. The first-order valence-electron chi connectivity index (χ1n) is 12.9. The minimum absolute atomic E-state index is 0.262. The molecule has 0 radical (unpaired) electrons. The molecule has 1 atom stereocenters. The summed E-state index contributed by atoms with van der Waals surface area (Å²) in [6.45, 7) is 9.30. The number of hydrogen-bond donors (Lipinski definition) is 2. The van der Waals surface area contributed by atoms with Gasteiger partial charge in [0.05, 0.1) is 31.4 Å². The molecule has 0 saturated carbocycles. The maximum atomic E-state index is 12.8. The second-order valence-corrected chi connectivity index (χ2v) is 8.50. The second-order valence-electron chi connectivity index (χ2n) is 8.50. The summed E-state index contributed by atoms with van der Waals surface area (Å²) in [6, 6.07) is 4.63. The minimum Gasteiger partial charge on any atom is -0.490 e. The molecule has 0 aliphatic carbocycles. The van der Waals surface area contributed by atoms with E-state index in [2.05, 4.69) is 17.6 Å². The maximum absolute atomic E-state index is 12.8. The SMILES string of the molecule is CCCCCCCCCOc1ccc(C2NC(=O)NC(CCC)=C2C(=O)OCC)cc1OCC. The van der Waals surface area contributed by atoms with Gasteiger partial charge in [0.1, 0.15) is 0 Å². The van der Waals surface area contributed by atoms with Crippen molar-refractivity contribution in [1.29, 1.82) is 0 Å². The minimum atomic E-state index is -0.620. The second kappa shape index (κ2) is 15.3. The Labute approximate surface area is 204 Å². The molecule has 2 N–H and O–H groups in total. The first-order chi connectivity index (χ1) is 16.5. The number of benzene rings is 1. The molecule has 1 aromatic carbocycles. The lowest BCUT2D eigenvalue weighted by molar-refractivity contribution is -0.139. The van der Waals surface area contributed by atoms with Gasteiger partial charge in [-0.25, -0.2) is 9.59 Å². The zero-order chi connectivity index (χ0) is 24.8. The summed E-state index contributed by atoms with van der Waals surface area (Å²) < 4.78 is 17.2. The highest BCUT2D eigenvalue weighted by Crippen LogP contribution is 2.35. The molecule has 1 heterocycles. The summed E-state index contributed by atoms with van der Waals surface area (Å²) in [5.41, 5.74) is 1.78. The monoisotopic (exact) mass is 474 g/mol. The largest absolute Gasteiger partial charge is 0.490 e. The number of rotatable bonds is 16. The number of unbranched alkanes of at least 4 members (excludes halogenated alkanes) is 6. The third kappa shape index (κ3) is 8.26. The average molecular weight is 475 g/mol. The molecule has 2 rings (SSSR count). The van der Waals surface area contributed by atoms with Gasteiger partial charge in [0, 0.05) is 5.70 Å². The van der Waals surface area contributed by atoms with Crippen molar-refractivity contribution in [2.24, 2.45) is 0 Å². The van der Waals surface area contributed by atoms with Gasteiger partial charge in [-0.1, -0.05) is 64.9 Å². The summed E-state index contributed by atoms with van der Waals surface area (Å²) >= 11 is 0. The van der Waals surface area contributed by atoms with E-state index in [0.29, 0.717) is 42.4 Å². The van der Waals surface area contributed by atoms with E-state index in [4.69, 9.17) is 14.2 Å². The van der Waals surface area contributed by atoms with Crippen LogP contribution in [0.1, 0.15) is 97.1 Å². The number of allylic oxidation sites excluding steroid dienone is 1. The highest BCUT2D eigenvalue weighted by atomic mass is 16.5. The van der Waals surface area contributed by atoms with Gasteiger partial charge < -0.3 is 24.8 Å². The van der Waals surface area contributed by atoms with Crippen molar-refractivity contribution in [2.45, 2.75) is 91.5 Å². The fourth-order valence-corrected chi connectivity index (χ4v) is 4.10. The van der Waals surface area contributed by atoms with Crippen molar-refractivity contribution in [3.05, 3.63) is 35.0 Å². The molecule has 0 spiro atoms. The van der Waals surface area contributed by atoms with Gasteiger partial charge in [0.15, 0.2) is 11.5 Å². The number of carbonyl (C=O) groups is 2. The molecule has 1 aliphatic rings. The standard InChI is InChI=1S/C27H42N2O5/c1-5-9-10-11-12-13-14-18-34-22-17-16-20(19-23(22)32-7-3)25-24(26(30)33-8-4)21(15-6-2)28-27(31)29-25/h16-17,19,25H,5-15,18H2,1-4H3,(H2,28,29,31). The van der Waals surface area contributed by atoms with Crippen LogP contribution < -0.4 is 20.1 Å². The smallest absolute Gasteiger partial charge is 0.338 e. The molecule has 0 bridgehead atoms. The van der Waals surface area contributed by atoms with Gasteiger partial charge in [-0.05, 0) is 44.4 Å². The molecule has 1 aliphatic heterocycles. The van der Waals surface area contributed by atoms with E-state index in [1.54, 1.807) is 6.92 Å². The summed E-state index contributed by atoms with van der Waals surface area (Å²) in [5.74, 6) is 0.851. The van der Waals surface area contributed by atoms with Crippen molar-refractivity contribution >= 4 is 12.0 Å². The third-order valence-corrected chi connectivity index (χ3v) is 5.76. The van der Waals surface area contributed by atoms with Crippen LogP contribution in [0.15, 0.2) is 29.5 Å². The van der Waals surface area contributed by atoms with E-state index in [-0.39, 0.29) is 12.6 Å². The normalized spacial score (nSPS) is 15.5. The predicted molar refractivity (Wildman–Crippen MR) is 134 cm³/mol. The van der Waals surface area contributed by atoms with Crippen molar-refractivity contribution in [2.75, 3.05) is 19.8 Å². The number of urea groups is 1. The average Bonchev–Trinajstić information content (AvgIpc) is 2.81. The fraction of sp³-hybridized carbons (Fsp3) is 0.630. The number of amides is 2. The van der Waals surface area contributed by atoms with Crippen LogP contribution in [0.5, 0.6) is 11.5 Å². The molecule has 0 fully saturated rings. The summed E-state index contributed by atoms with van der Waals surface area (Å²) in [7, 11) is 0. The first-order valence-corrected chi connectivity index (χ1v) is 12.9. The lowest BCUT2D eigenvalue weighted by Gasteiger charge is -2.29. The van der Waals surface area contributed by atoms with Gasteiger partial charge in [0.2, 0.25) is 0 Å². The van der Waals surface area contributed by atoms with Crippen molar-refractivity contribution in [3.63, 3.8) is 0 Å². The van der Waals surface area contributed by atoms with Gasteiger partial charge >= 0.3 is 12.0 Å². The Kier molecular flexibility index (Phi) is 12.4. The maximum Gasteiger partial charge on any atom is 0.338 e. The van der Waals surface area contributed by atoms with E-state index < -0.39 is 12.0 Å². The van der Waals surface area contributed by atoms with Crippen LogP contribution >= 0.6 is 0 Å². The summed E-state index contributed by atoms with van der Waals surface area (Å²) in [4.78, 5) is 25.2. The lowest BCUT2D eigenvalue weighted by atomic mass is 9.93. The zero-order valence-electron chi connectivity index (χ0n) is 21.3. The Morgan fingerprint density at radius 1 is 0.882 bits per heavy atom. The Morgan fingerprint density at radius 3 is 2.29 bits per heavy atom. The van der Waals surface area contributed by atoms with Crippen molar-refractivity contribution < 1.29 is 23.8 Å². The number of hydrogen-bond acceptors (Lipinski definition) is 5. The van der Waals surface area contributed by atoms with Gasteiger partial charge in [0.25, 0.3) is 0 Å². The van der Waals surface area contributed by atoms with E-state index in [1.807, 2.05) is 32.0 Å². The van der Waals surface area contributed by atoms with E-state index in [9.17, 15) is 9.59 Å². The molecule has 0 aromatic heterocycles. The van der Waals surface area contributed by atoms with E-state index in [0.717, 1.165) is 24.8 Å². The van der Waals surface area contributed by atoms with Gasteiger partial charge in [-0.2, -0.15) is 0 Å². The number of carbonyl (C=O) groups excluding carboxylic acids is 2. The fourth-order valence-electron chi connectivity index (χ4n) is 4.10. The highest BCUT2D eigenvalue weighted by molar-refractivity contribution is 5.95.